The van der Waals surface area contributed by atoms with Crippen molar-refractivity contribution in [2.24, 2.45) is 5.92 Å². The highest BCUT2D eigenvalue weighted by molar-refractivity contribution is 7.80. The van der Waals surface area contributed by atoms with E-state index in [2.05, 4.69) is 5.32 Å². The Labute approximate surface area is 216 Å². The molecule has 1 aromatic rings. The van der Waals surface area contributed by atoms with Crippen LogP contribution < -0.4 is 5.32 Å². The summed E-state index contributed by atoms with van der Waals surface area (Å²) in [6.45, 7) is 4.13. The Hall–Kier alpha value is -2.23. The summed E-state index contributed by atoms with van der Waals surface area (Å²) in [7, 11) is 0. The molecule has 1 rings (SSSR count). The van der Waals surface area contributed by atoms with E-state index in [4.69, 9.17) is 17.3 Å². The Morgan fingerprint density at radius 3 is 1.72 bits per heavy atom. The second-order valence-corrected chi connectivity index (χ2v) is 9.28. The first-order valence-electron chi connectivity index (χ1n) is 11.6. The number of hydrogen-bond donors (Lipinski definition) is 7. The number of aliphatic carboxylic acids is 2. The first kappa shape index (κ1) is 31.8. The molecule has 0 aromatic heterocycles. The van der Waals surface area contributed by atoms with Crippen molar-refractivity contribution in [2.45, 2.75) is 33.0 Å². The Morgan fingerprint density at radius 1 is 0.806 bits per heavy atom. The molecule has 0 aliphatic rings. The molecular formula is C23H38N4O8S. The predicted molar refractivity (Wildman–Crippen MR) is 137 cm³/mol. The monoisotopic (exact) mass is 530 g/mol. The first-order chi connectivity index (χ1) is 16.8. The number of aliphatic hydroxyl groups is 4. The summed E-state index contributed by atoms with van der Waals surface area (Å²) < 4.78 is 0. The lowest BCUT2D eigenvalue weighted by Gasteiger charge is -2.29. The third-order valence-corrected chi connectivity index (χ3v) is 5.75. The minimum absolute atomic E-state index is 0.0554. The van der Waals surface area contributed by atoms with Crippen molar-refractivity contribution in [3.05, 3.63) is 29.8 Å². The van der Waals surface area contributed by atoms with E-state index in [1.807, 2.05) is 38.1 Å². The number of thiocarbonyl (C=S) groups is 1. The highest BCUT2D eigenvalue weighted by atomic mass is 32.1. The van der Waals surface area contributed by atoms with Gasteiger partial charge >= 0.3 is 11.9 Å². The molecule has 0 amide bonds. The predicted octanol–water partition coefficient (Wildman–Crippen LogP) is -0.721. The van der Waals surface area contributed by atoms with Gasteiger partial charge in [-0.25, -0.2) is 0 Å². The number of nitrogens with one attached hydrogen (secondary N) is 1. The van der Waals surface area contributed by atoms with Crippen LogP contribution in [0.1, 0.15) is 19.4 Å². The lowest BCUT2D eigenvalue weighted by molar-refractivity contribution is -0.141. The molecule has 0 saturated carbocycles. The van der Waals surface area contributed by atoms with Crippen LogP contribution in [0, 0.1) is 5.92 Å². The molecule has 0 spiro atoms. The van der Waals surface area contributed by atoms with Gasteiger partial charge in [0.05, 0.1) is 18.1 Å². The molecule has 1 aromatic carbocycles. The molecule has 0 atom stereocenters. The van der Waals surface area contributed by atoms with Crippen LogP contribution in [0.4, 0.5) is 5.69 Å². The fourth-order valence-corrected chi connectivity index (χ4v) is 3.51. The Bertz CT molecular complexity index is 823. The summed E-state index contributed by atoms with van der Waals surface area (Å²) in [5.41, 5.74) is 1.75. The van der Waals surface area contributed by atoms with Crippen LogP contribution >= 0.6 is 12.2 Å². The van der Waals surface area contributed by atoms with Gasteiger partial charge in [-0.15, -0.1) is 0 Å². The molecule has 12 nitrogen and oxygen atoms in total. The van der Waals surface area contributed by atoms with Crippen LogP contribution in [0.25, 0.3) is 0 Å². The average Bonchev–Trinajstić information content (AvgIpc) is 2.75. The fourth-order valence-electron chi connectivity index (χ4n) is 3.39. The standard InChI is InChI=1S/C23H38N4O8S/c1-16(2)23(36)24-18-5-3-17(4-6-18)11-26(13-20(30)31)9-7-25(12-19(28)29)8-10-27(14-21(32)33)15-22(34)35/h3-6,16,20-21,30-33H,7-15H2,1-2H3,(H,24,36)(H,28,29)(H,34,35). The van der Waals surface area contributed by atoms with Crippen molar-refractivity contribution in [3.63, 3.8) is 0 Å². The van der Waals surface area contributed by atoms with Gasteiger partial charge in [-0.1, -0.05) is 38.2 Å². The minimum atomic E-state index is -1.72. The second-order valence-electron chi connectivity index (χ2n) is 8.84. The van der Waals surface area contributed by atoms with Crippen molar-refractivity contribution >= 4 is 34.8 Å². The molecule has 204 valence electrons. The summed E-state index contributed by atoms with van der Waals surface area (Å²) in [5, 5.41) is 58.9. The third kappa shape index (κ3) is 14.4. The van der Waals surface area contributed by atoms with Gasteiger partial charge in [-0.05, 0) is 17.7 Å². The van der Waals surface area contributed by atoms with Crippen molar-refractivity contribution in [3.8, 4) is 0 Å². The van der Waals surface area contributed by atoms with Crippen LogP contribution in [-0.2, 0) is 16.1 Å². The number of carbonyl (C=O) groups is 2. The highest BCUT2D eigenvalue weighted by Crippen LogP contribution is 2.14. The largest absolute Gasteiger partial charge is 0.480 e. The number of nitrogens with zero attached hydrogens (tertiary/aromatic N) is 3. The van der Waals surface area contributed by atoms with Gasteiger partial charge in [0.25, 0.3) is 0 Å². The molecule has 0 bridgehead atoms. The second kappa shape index (κ2) is 16.5. The average molecular weight is 531 g/mol. The molecule has 0 unspecified atom stereocenters. The van der Waals surface area contributed by atoms with Crippen molar-refractivity contribution < 1.29 is 40.2 Å². The Balaban J connectivity index is 2.79. The summed E-state index contributed by atoms with van der Waals surface area (Å²) in [6, 6.07) is 7.53. The van der Waals surface area contributed by atoms with Crippen LogP contribution in [0.2, 0.25) is 0 Å². The van der Waals surface area contributed by atoms with Gasteiger partial charge in [0.2, 0.25) is 0 Å². The van der Waals surface area contributed by atoms with Crippen LogP contribution in [0.3, 0.4) is 0 Å². The summed E-state index contributed by atoms with van der Waals surface area (Å²) in [5.74, 6) is -2.01. The molecule has 0 saturated heterocycles. The van der Waals surface area contributed by atoms with Crippen molar-refractivity contribution in [2.75, 3.05) is 57.7 Å². The van der Waals surface area contributed by atoms with E-state index in [9.17, 15) is 35.1 Å². The summed E-state index contributed by atoms with van der Waals surface area (Å²) in [6.07, 6.45) is -3.30. The molecule has 0 radical (unpaired) electrons. The third-order valence-electron chi connectivity index (χ3n) is 5.18. The van der Waals surface area contributed by atoms with E-state index in [-0.39, 0.29) is 45.2 Å². The van der Waals surface area contributed by atoms with E-state index in [0.717, 1.165) is 16.2 Å². The zero-order valence-corrected chi connectivity index (χ0v) is 21.5. The number of hydrogen-bond acceptors (Lipinski definition) is 10. The SMILES string of the molecule is CC(C)C(=S)Nc1ccc(CN(CCN(CCN(CC(=O)O)CC(O)O)CC(=O)O)CC(O)O)cc1. The Kier molecular flexibility index (Phi) is 14.6. The molecule has 13 heteroatoms. The van der Waals surface area contributed by atoms with Gasteiger partial charge in [0, 0.05) is 57.4 Å². The van der Waals surface area contributed by atoms with E-state index in [1.165, 1.54) is 4.90 Å². The molecule has 0 aliphatic heterocycles. The van der Waals surface area contributed by atoms with E-state index >= 15 is 0 Å². The van der Waals surface area contributed by atoms with Crippen LogP contribution in [0.15, 0.2) is 24.3 Å². The summed E-state index contributed by atoms with van der Waals surface area (Å²) >= 11 is 5.30. The highest BCUT2D eigenvalue weighted by Gasteiger charge is 2.18. The first-order valence-corrected chi connectivity index (χ1v) is 12.0. The smallest absolute Gasteiger partial charge is 0.317 e. The molecular weight excluding hydrogens is 492 g/mol. The van der Waals surface area contributed by atoms with E-state index < -0.39 is 31.1 Å². The van der Waals surface area contributed by atoms with Gasteiger partial charge in [-0.2, -0.15) is 0 Å². The fraction of sp³-hybridized carbons (Fsp3) is 0.609. The quantitative estimate of drug-likeness (QED) is 0.0935. The molecule has 7 N–H and O–H groups in total. The zero-order chi connectivity index (χ0) is 27.3. The number of carboxylic acids is 2. The molecule has 0 heterocycles. The number of rotatable bonds is 18. The molecule has 36 heavy (non-hydrogen) atoms. The van der Waals surface area contributed by atoms with Crippen molar-refractivity contribution in [1.82, 2.24) is 14.7 Å². The summed E-state index contributed by atoms with van der Waals surface area (Å²) in [4.78, 5) is 27.7. The lowest BCUT2D eigenvalue weighted by atomic mass is 10.1. The topological polar surface area (TPSA) is 177 Å². The molecule has 0 aliphatic carbocycles. The minimum Gasteiger partial charge on any atom is -0.480 e. The molecule has 0 fully saturated rings. The van der Waals surface area contributed by atoms with Gasteiger partial charge in [-0.3, -0.25) is 24.3 Å². The van der Waals surface area contributed by atoms with Gasteiger partial charge in [0.15, 0.2) is 12.6 Å². The number of carboxylic acid groups (broad SMARTS) is 2. The maximum absolute atomic E-state index is 11.3. The Morgan fingerprint density at radius 2 is 1.25 bits per heavy atom. The lowest BCUT2D eigenvalue weighted by Crippen LogP contribution is -2.45. The number of anilines is 1. The van der Waals surface area contributed by atoms with Gasteiger partial charge < -0.3 is 36.0 Å². The van der Waals surface area contributed by atoms with E-state index in [0.29, 0.717) is 13.1 Å². The van der Waals surface area contributed by atoms with Gasteiger partial charge in [0.1, 0.15) is 0 Å². The normalized spacial score (nSPS) is 11.9. The van der Waals surface area contributed by atoms with E-state index in [1.54, 1.807) is 9.80 Å². The van der Waals surface area contributed by atoms with Crippen molar-refractivity contribution in [1.29, 1.82) is 0 Å². The maximum atomic E-state index is 11.3. The zero-order valence-electron chi connectivity index (χ0n) is 20.7. The number of benzene rings is 1. The van der Waals surface area contributed by atoms with Crippen LogP contribution in [-0.4, -0.2) is 127 Å². The maximum Gasteiger partial charge on any atom is 0.317 e. The van der Waals surface area contributed by atoms with Crippen LogP contribution in [0.5, 0.6) is 0 Å². The number of aliphatic hydroxyl groups excluding tert-OH is 2.